The van der Waals surface area contributed by atoms with Crippen molar-refractivity contribution >= 4 is 34.4 Å². The van der Waals surface area contributed by atoms with Crippen LogP contribution in [0.2, 0.25) is 0 Å². The first-order chi connectivity index (χ1) is 27.7. The van der Waals surface area contributed by atoms with Crippen molar-refractivity contribution in [1.82, 2.24) is 9.80 Å². The summed E-state index contributed by atoms with van der Waals surface area (Å²) in [5.74, 6) is -1.49. The molecule has 6 rings (SSSR count). The van der Waals surface area contributed by atoms with E-state index >= 15 is 9.59 Å². The molecule has 0 unspecified atom stereocenters. The number of carbonyl (C=O) groups is 4. The second-order valence-electron chi connectivity index (χ2n) is 21.2. The lowest BCUT2D eigenvalue weighted by Crippen LogP contribution is -2.44. The highest BCUT2D eigenvalue weighted by Gasteiger charge is 2.44. The first-order valence-electron chi connectivity index (χ1n) is 21.9. The Balaban J connectivity index is 1.85. The Labute approximate surface area is 357 Å². The minimum Gasteiger partial charge on any atom is -0.507 e. The van der Waals surface area contributed by atoms with Crippen molar-refractivity contribution in [2.75, 3.05) is 13.1 Å². The minimum absolute atomic E-state index is 0.187. The zero-order chi connectivity index (χ0) is 44.6. The van der Waals surface area contributed by atoms with Gasteiger partial charge in [0.05, 0.1) is 11.1 Å². The molecule has 0 fully saturated rings. The number of aromatic hydroxyl groups is 2. The zero-order valence-corrected chi connectivity index (χ0v) is 38.5. The van der Waals surface area contributed by atoms with Gasteiger partial charge in [0.1, 0.15) is 11.5 Å². The summed E-state index contributed by atoms with van der Waals surface area (Å²) in [6.45, 7) is 28.9. The smallest absolute Gasteiger partial charge is 0.262 e. The average Bonchev–Trinajstić information content (AvgIpc) is 3.13. The Kier molecular flexibility index (Phi) is 11.5. The molecule has 0 radical (unpaired) electrons. The quantitative estimate of drug-likeness (QED) is 0.122. The van der Waals surface area contributed by atoms with Gasteiger partial charge in [0, 0.05) is 57.2 Å². The molecule has 4 amide bonds. The maximum absolute atomic E-state index is 15.1. The van der Waals surface area contributed by atoms with Crippen molar-refractivity contribution in [2.24, 2.45) is 0 Å². The van der Waals surface area contributed by atoms with E-state index in [1.54, 1.807) is 12.1 Å². The molecule has 4 aromatic rings. The second kappa shape index (κ2) is 15.5. The summed E-state index contributed by atoms with van der Waals surface area (Å²) < 4.78 is 0. The molecule has 8 nitrogen and oxygen atoms in total. The number of rotatable bonds is 10. The maximum atomic E-state index is 15.1. The van der Waals surface area contributed by atoms with Gasteiger partial charge in [-0.05, 0) is 93.2 Å². The van der Waals surface area contributed by atoms with Gasteiger partial charge >= 0.3 is 0 Å². The van der Waals surface area contributed by atoms with Crippen LogP contribution in [0.3, 0.4) is 0 Å². The van der Waals surface area contributed by atoms with Crippen LogP contribution in [0.25, 0.3) is 33.0 Å². The third kappa shape index (κ3) is 7.64. The minimum atomic E-state index is -0.484. The van der Waals surface area contributed by atoms with Crippen molar-refractivity contribution < 1.29 is 29.4 Å². The molecular formula is C52H66N2O6. The molecule has 0 atom stereocenters. The monoisotopic (exact) mass is 814 g/mol. The van der Waals surface area contributed by atoms with Gasteiger partial charge < -0.3 is 10.2 Å². The van der Waals surface area contributed by atoms with Gasteiger partial charge in [0.2, 0.25) is 0 Å². The van der Waals surface area contributed by atoms with Crippen LogP contribution in [0.4, 0.5) is 0 Å². The number of nitrogens with zero attached hydrogens (tertiary/aromatic N) is 2. The number of hydrogen-bond donors (Lipinski definition) is 2. The first-order valence-corrected chi connectivity index (χ1v) is 21.9. The number of phenols is 2. The van der Waals surface area contributed by atoms with Crippen molar-refractivity contribution in [3.05, 3.63) is 80.9 Å². The van der Waals surface area contributed by atoms with E-state index in [9.17, 15) is 19.8 Å². The predicted molar refractivity (Wildman–Crippen MR) is 243 cm³/mol. The summed E-state index contributed by atoms with van der Waals surface area (Å²) in [5, 5.41) is 24.1. The molecule has 2 aliphatic heterocycles. The van der Waals surface area contributed by atoms with Crippen LogP contribution in [-0.2, 0) is 21.7 Å². The van der Waals surface area contributed by atoms with E-state index in [1.807, 2.05) is 107 Å². The number of carbonyl (C=O) groups excluding carboxylic acids is 4. The average molecular weight is 815 g/mol. The van der Waals surface area contributed by atoms with Crippen molar-refractivity contribution in [3.8, 4) is 33.8 Å². The highest BCUT2D eigenvalue weighted by molar-refractivity contribution is 6.36. The molecular weight excluding hydrogens is 749 g/mol. The van der Waals surface area contributed by atoms with E-state index in [2.05, 4.69) is 13.8 Å². The van der Waals surface area contributed by atoms with Gasteiger partial charge in [-0.1, -0.05) is 123 Å². The topological polar surface area (TPSA) is 115 Å². The summed E-state index contributed by atoms with van der Waals surface area (Å²) in [5.41, 5.74) is 4.16. The third-order valence-corrected chi connectivity index (χ3v) is 12.3. The van der Waals surface area contributed by atoms with E-state index in [-0.39, 0.29) is 46.8 Å². The fraction of sp³-hybridized carbons (Fsp3) is 0.500. The Morgan fingerprint density at radius 3 is 0.950 bits per heavy atom. The molecule has 0 saturated carbocycles. The molecule has 0 spiro atoms. The Hall–Kier alpha value is -4.98. The molecule has 8 heteroatoms. The van der Waals surface area contributed by atoms with Crippen molar-refractivity contribution in [1.29, 1.82) is 0 Å². The maximum Gasteiger partial charge on any atom is 0.262 e. The second-order valence-corrected chi connectivity index (χ2v) is 21.2. The fourth-order valence-corrected chi connectivity index (χ4v) is 8.93. The third-order valence-electron chi connectivity index (χ3n) is 12.3. The Morgan fingerprint density at radius 1 is 0.417 bits per heavy atom. The summed E-state index contributed by atoms with van der Waals surface area (Å²) in [6.07, 6.45) is 4.69. The molecule has 2 heterocycles. The molecule has 2 aliphatic rings. The Morgan fingerprint density at radius 2 is 0.700 bits per heavy atom. The molecule has 320 valence electrons. The van der Waals surface area contributed by atoms with Crippen molar-refractivity contribution in [2.45, 2.75) is 157 Å². The largest absolute Gasteiger partial charge is 0.507 e. The van der Waals surface area contributed by atoms with Crippen LogP contribution in [0, 0.1) is 0 Å². The molecule has 0 bridgehead atoms. The number of benzene rings is 4. The van der Waals surface area contributed by atoms with E-state index < -0.39 is 45.3 Å². The van der Waals surface area contributed by atoms with E-state index in [1.165, 1.54) is 9.80 Å². The molecule has 60 heavy (non-hydrogen) atoms. The van der Waals surface area contributed by atoms with E-state index in [0.717, 1.165) is 25.7 Å². The highest BCUT2D eigenvalue weighted by atomic mass is 16.3. The Bertz CT molecular complexity index is 2200. The van der Waals surface area contributed by atoms with Crippen LogP contribution < -0.4 is 0 Å². The zero-order valence-electron chi connectivity index (χ0n) is 38.5. The standard InChI is InChI=1S/C52H66N2O6/c1-15-17-19-21-53-45(57)33-27-32(30-25-37(51(9,10)11)44(56)38(26-30)52(12,13)14)42-40-34(46(58)54(48(42)60)22-20-18-16-2)28-31(41(39(33)40)47(53)59)29-23-35(49(3,4)5)43(55)36(24-29)50(6,7)8/h23-28,55-56H,15-22H2,1-14H3. The lowest BCUT2D eigenvalue weighted by Gasteiger charge is -2.35. The van der Waals surface area contributed by atoms with Crippen LogP contribution in [0.15, 0.2) is 36.4 Å². The number of unbranched alkanes of at least 4 members (excludes halogenated alkanes) is 4. The van der Waals surface area contributed by atoms with Gasteiger partial charge in [0.25, 0.3) is 23.6 Å². The number of phenolic OH excluding ortho intramolecular Hbond substituents is 2. The van der Waals surface area contributed by atoms with Gasteiger partial charge in [-0.3, -0.25) is 29.0 Å². The summed E-state index contributed by atoms with van der Waals surface area (Å²) >= 11 is 0. The molecule has 0 aromatic heterocycles. The van der Waals surface area contributed by atoms with Gasteiger partial charge in [0.15, 0.2) is 0 Å². The van der Waals surface area contributed by atoms with Gasteiger partial charge in [-0.15, -0.1) is 0 Å². The molecule has 2 N–H and O–H groups in total. The number of imide groups is 2. The lowest BCUT2D eigenvalue weighted by molar-refractivity contribution is 0.0587. The summed E-state index contributed by atoms with van der Waals surface area (Å²) in [6, 6.07) is 11.2. The van der Waals surface area contributed by atoms with E-state index in [0.29, 0.717) is 68.1 Å². The first kappa shape index (κ1) is 44.6. The highest BCUT2D eigenvalue weighted by Crippen LogP contribution is 2.50. The van der Waals surface area contributed by atoms with Crippen LogP contribution in [0.1, 0.15) is 199 Å². The predicted octanol–water partition coefficient (Wildman–Crippen LogP) is 12.3. The summed E-state index contributed by atoms with van der Waals surface area (Å²) in [4.78, 5) is 62.8. The lowest BCUT2D eigenvalue weighted by atomic mass is 9.74. The normalized spacial score (nSPS) is 14.9. The molecule has 0 aliphatic carbocycles. The number of amides is 4. The van der Waals surface area contributed by atoms with Gasteiger partial charge in [-0.2, -0.15) is 0 Å². The van der Waals surface area contributed by atoms with Crippen LogP contribution in [0.5, 0.6) is 11.5 Å². The fourth-order valence-electron chi connectivity index (χ4n) is 8.93. The van der Waals surface area contributed by atoms with Crippen molar-refractivity contribution in [3.63, 3.8) is 0 Å². The number of hydrogen-bond acceptors (Lipinski definition) is 6. The van der Waals surface area contributed by atoms with Crippen LogP contribution >= 0.6 is 0 Å². The molecule has 0 saturated heterocycles. The SMILES string of the molecule is CCCCCN1C(=O)c2cc(-c3cc(C(C)(C)C)c(O)c(C(C)(C)C)c3)c3c4c(cc(-c5cc(C(C)(C)C)c(O)c(C(C)(C)C)c5)c(c24)C1=O)C(=O)N(CCCCC)C3=O. The van der Waals surface area contributed by atoms with Crippen LogP contribution in [-0.4, -0.2) is 56.7 Å². The van der Waals surface area contributed by atoms with Gasteiger partial charge in [-0.25, -0.2) is 0 Å². The molecule has 4 aromatic carbocycles. The summed E-state index contributed by atoms with van der Waals surface area (Å²) in [7, 11) is 0. The van der Waals surface area contributed by atoms with E-state index in [4.69, 9.17) is 0 Å².